The van der Waals surface area contributed by atoms with Crippen molar-refractivity contribution in [3.63, 3.8) is 0 Å². The van der Waals surface area contributed by atoms with Gasteiger partial charge in [-0.2, -0.15) is 0 Å². The van der Waals surface area contributed by atoms with E-state index in [4.69, 9.17) is 0 Å². The van der Waals surface area contributed by atoms with Gasteiger partial charge < -0.3 is 10.2 Å². The van der Waals surface area contributed by atoms with Gasteiger partial charge in [0, 0.05) is 31.6 Å². The fraction of sp³-hybridized carbons (Fsp3) is 0.696. The molecule has 0 spiro atoms. The van der Waals surface area contributed by atoms with Crippen LogP contribution in [0.5, 0.6) is 0 Å². The van der Waals surface area contributed by atoms with Crippen molar-refractivity contribution in [3.8, 4) is 0 Å². The monoisotopic (exact) mass is 371 g/mol. The summed E-state index contributed by atoms with van der Waals surface area (Å²) in [5, 5.41) is 3.29. The number of likely N-dealkylation sites (tertiary alicyclic amines) is 1. The average Bonchev–Trinajstić information content (AvgIpc) is 2.94. The van der Waals surface area contributed by atoms with Crippen LogP contribution in [0.3, 0.4) is 0 Å². The maximum atomic E-state index is 12.6. The molecule has 0 bridgehead atoms. The standard InChI is InChI=1S/C23H37N3O/c1-25(2)23(13-8-3-4-9-14-23)19-24-22(27)16-21-12-15-26(18-21)17-20-10-6-5-7-11-20/h5-7,10-11,21H,3-4,8-9,12-19H2,1-2H3,(H,24,27)/t21-/m1/s1. The molecule has 1 N–H and O–H groups in total. The van der Waals surface area contributed by atoms with Crippen LogP contribution in [0.2, 0.25) is 0 Å². The summed E-state index contributed by atoms with van der Waals surface area (Å²) >= 11 is 0. The van der Waals surface area contributed by atoms with Crippen molar-refractivity contribution in [1.82, 2.24) is 15.1 Å². The molecule has 1 aliphatic carbocycles. The number of likely N-dealkylation sites (N-methyl/N-ethyl adjacent to an activating group) is 1. The molecule has 27 heavy (non-hydrogen) atoms. The molecular formula is C23H37N3O. The lowest BCUT2D eigenvalue weighted by molar-refractivity contribution is -0.122. The highest BCUT2D eigenvalue weighted by Gasteiger charge is 2.34. The molecule has 1 heterocycles. The Morgan fingerprint density at radius 2 is 1.85 bits per heavy atom. The zero-order valence-corrected chi connectivity index (χ0v) is 17.3. The molecule has 4 nitrogen and oxygen atoms in total. The molecule has 1 atom stereocenters. The van der Waals surface area contributed by atoms with E-state index in [1.54, 1.807) is 0 Å². The minimum Gasteiger partial charge on any atom is -0.354 e. The number of hydrogen-bond acceptors (Lipinski definition) is 3. The Labute approximate surface area is 165 Å². The number of benzene rings is 1. The number of amides is 1. The average molecular weight is 372 g/mol. The number of nitrogens with one attached hydrogen (secondary N) is 1. The van der Waals surface area contributed by atoms with Crippen LogP contribution >= 0.6 is 0 Å². The van der Waals surface area contributed by atoms with Crippen molar-refractivity contribution in [2.75, 3.05) is 33.7 Å². The molecule has 0 unspecified atom stereocenters. The van der Waals surface area contributed by atoms with E-state index in [1.807, 2.05) is 0 Å². The fourth-order valence-corrected chi connectivity index (χ4v) is 4.83. The van der Waals surface area contributed by atoms with Crippen LogP contribution in [-0.4, -0.2) is 55.0 Å². The molecule has 150 valence electrons. The third-order valence-corrected chi connectivity index (χ3v) is 6.69. The van der Waals surface area contributed by atoms with E-state index >= 15 is 0 Å². The molecule has 1 saturated heterocycles. The Morgan fingerprint density at radius 3 is 2.52 bits per heavy atom. The van der Waals surface area contributed by atoms with E-state index < -0.39 is 0 Å². The maximum absolute atomic E-state index is 12.6. The summed E-state index contributed by atoms with van der Waals surface area (Å²) in [4.78, 5) is 17.5. The lowest BCUT2D eigenvalue weighted by atomic mass is 9.88. The lowest BCUT2D eigenvalue weighted by Crippen LogP contribution is -2.52. The predicted octanol–water partition coefficient (Wildman–Crippen LogP) is 3.67. The SMILES string of the molecule is CN(C)C1(CNC(=O)C[C@H]2CCN(Cc3ccccc3)C2)CCCCCC1. The Morgan fingerprint density at radius 1 is 1.15 bits per heavy atom. The summed E-state index contributed by atoms with van der Waals surface area (Å²) in [5.74, 6) is 0.741. The van der Waals surface area contributed by atoms with E-state index in [0.29, 0.717) is 12.3 Å². The highest BCUT2D eigenvalue weighted by atomic mass is 16.1. The quantitative estimate of drug-likeness (QED) is 0.743. The Hall–Kier alpha value is -1.39. The van der Waals surface area contributed by atoms with Crippen molar-refractivity contribution < 1.29 is 4.79 Å². The van der Waals surface area contributed by atoms with E-state index in [9.17, 15) is 4.79 Å². The maximum Gasteiger partial charge on any atom is 0.220 e. The highest BCUT2D eigenvalue weighted by molar-refractivity contribution is 5.76. The van der Waals surface area contributed by atoms with Crippen molar-refractivity contribution in [1.29, 1.82) is 0 Å². The zero-order chi connectivity index (χ0) is 19.1. The topological polar surface area (TPSA) is 35.6 Å². The first-order valence-electron chi connectivity index (χ1n) is 10.8. The van der Waals surface area contributed by atoms with E-state index in [-0.39, 0.29) is 11.4 Å². The van der Waals surface area contributed by atoms with Crippen molar-refractivity contribution in [3.05, 3.63) is 35.9 Å². The molecule has 0 aromatic heterocycles. The van der Waals surface area contributed by atoms with Gasteiger partial charge in [0.05, 0.1) is 0 Å². The summed E-state index contributed by atoms with van der Waals surface area (Å²) in [6, 6.07) is 10.6. The van der Waals surface area contributed by atoms with Gasteiger partial charge in [0.2, 0.25) is 5.91 Å². The molecule has 0 radical (unpaired) electrons. The van der Waals surface area contributed by atoms with Crippen LogP contribution in [0.25, 0.3) is 0 Å². The van der Waals surface area contributed by atoms with Crippen molar-refractivity contribution in [2.24, 2.45) is 5.92 Å². The molecule has 1 amide bonds. The first-order valence-corrected chi connectivity index (χ1v) is 10.8. The number of rotatable bonds is 7. The molecule has 1 aromatic carbocycles. The summed E-state index contributed by atoms with van der Waals surface area (Å²) in [7, 11) is 4.35. The van der Waals surface area contributed by atoms with Gasteiger partial charge in [0.25, 0.3) is 0 Å². The Balaban J connectivity index is 1.44. The first-order chi connectivity index (χ1) is 13.1. The van der Waals surface area contributed by atoms with Crippen LogP contribution in [0, 0.1) is 5.92 Å². The Kier molecular flexibility index (Phi) is 7.31. The minimum atomic E-state index is 0.154. The van der Waals surface area contributed by atoms with Crippen LogP contribution in [0.1, 0.15) is 56.9 Å². The smallest absolute Gasteiger partial charge is 0.220 e. The van der Waals surface area contributed by atoms with Gasteiger partial charge in [0.15, 0.2) is 0 Å². The molecule has 1 aliphatic heterocycles. The molecule has 1 saturated carbocycles. The van der Waals surface area contributed by atoms with E-state index in [2.05, 4.69) is 59.5 Å². The van der Waals surface area contributed by atoms with Gasteiger partial charge in [-0.05, 0) is 51.4 Å². The summed E-state index contributed by atoms with van der Waals surface area (Å²) in [5.41, 5.74) is 1.52. The van der Waals surface area contributed by atoms with E-state index in [0.717, 1.165) is 32.6 Å². The van der Waals surface area contributed by atoms with Gasteiger partial charge in [-0.3, -0.25) is 9.69 Å². The number of hydrogen-bond donors (Lipinski definition) is 1. The molecule has 3 rings (SSSR count). The number of carbonyl (C=O) groups is 1. The minimum absolute atomic E-state index is 0.154. The normalized spacial score (nSPS) is 23.3. The van der Waals surface area contributed by atoms with Gasteiger partial charge >= 0.3 is 0 Å². The highest BCUT2D eigenvalue weighted by Crippen LogP contribution is 2.30. The third kappa shape index (κ3) is 5.79. The second-order valence-corrected chi connectivity index (χ2v) is 8.89. The van der Waals surface area contributed by atoms with Crippen molar-refractivity contribution >= 4 is 5.91 Å². The van der Waals surface area contributed by atoms with Gasteiger partial charge in [-0.25, -0.2) is 0 Å². The van der Waals surface area contributed by atoms with Crippen LogP contribution < -0.4 is 5.32 Å². The molecule has 4 heteroatoms. The number of carbonyl (C=O) groups excluding carboxylic acids is 1. The Bertz CT molecular complexity index is 579. The third-order valence-electron chi connectivity index (χ3n) is 6.69. The number of nitrogens with zero attached hydrogens (tertiary/aromatic N) is 2. The van der Waals surface area contributed by atoms with Gasteiger partial charge in [-0.15, -0.1) is 0 Å². The van der Waals surface area contributed by atoms with Gasteiger partial charge in [0.1, 0.15) is 0 Å². The largest absolute Gasteiger partial charge is 0.354 e. The predicted molar refractivity (Wildman–Crippen MR) is 112 cm³/mol. The first kappa shape index (κ1) is 20.3. The second-order valence-electron chi connectivity index (χ2n) is 8.89. The summed E-state index contributed by atoms with van der Waals surface area (Å²) < 4.78 is 0. The van der Waals surface area contributed by atoms with Crippen LogP contribution in [-0.2, 0) is 11.3 Å². The van der Waals surface area contributed by atoms with E-state index in [1.165, 1.54) is 44.1 Å². The van der Waals surface area contributed by atoms with Crippen LogP contribution in [0.4, 0.5) is 0 Å². The summed E-state index contributed by atoms with van der Waals surface area (Å²) in [6.45, 7) is 3.96. The second kappa shape index (κ2) is 9.70. The molecule has 2 fully saturated rings. The molecular weight excluding hydrogens is 334 g/mol. The lowest BCUT2D eigenvalue weighted by Gasteiger charge is -2.39. The summed E-state index contributed by atoms with van der Waals surface area (Å²) in [6.07, 6.45) is 9.46. The fourth-order valence-electron chi connectivity index (χ4n) is 4.83. The zero-order valence-electron chi connectivity index (χ0n) is 17.3. The molecule has 1 aromatic rings. The van der Waals surface area contributed by atoms with Crippen LogP contribution in [0.15, 0.2) is 30.3 Å². The molecule has 2 aliphatic rings. The van der Waals surface area contributed by atoms with Gasteiger partial charge in [-0.1, -0.05) is 56.0 Å². The van der Waals surface area contributed by atoms with Crippen molar-refractivity contribution in [2.45, 2.75) is 63.5 Å².